The van der Waals surface area contributed by atoms with E-state index in [2.05, 4.69) is 5.32 Å². The van der Waals surface area contributed by atoms with E-state index in [4.69, 9.17) is 10.8 Å². The first-order valence-electron chi connectivity index (χ1n) is 4.18. The van der Waals surface area contributed by atoms with Crippen LogP contribution < -0.4 is 11.1 Å². The third-order valence-electron chi connectivity index (χ3n) is 1.42. The Morgan fingerprint density at radius 1 is 1.46 bits per heavy atom. The van der Waals surface area contributed by atoms with Crippen molar-refractivity contribution in [2.45, 2.75) is 26.3 Å². The Balaban J connectivity index is 3.76. The summed E-state index contributed by atoms with van der Waals surface area (Å²) in [6, 6.07) is -0.948. The second-order valence-electron chi connectivity index (χ2n) is 3.34. The van der Waals surface area contributed by atoms with Crippen LogP contribution in [0.2, 0.25) is 0 Å². The topological polar surface area (TPSA) is 92.4 Å². The molecule has 0 heterocycles. The van der Waals surface area contributed by atoms with Gasteiger partial charge in [0.25, 0.3) is 0 Å². The predicted octanol–water partition coefficient (Wildman–Crippen LogP) is -0.439. The molecular weight excluding hydrogens is 172 g/mol. The van der Waals surface area contributed by atoms with Crippen LogP contribution in [0, 0.1) is 5.92 Å². The molecule has 0 bridgehead atoms. The fourth-order valence-electron chi connectivity index (χ4n) is 0.717. The first kappa shape index (κ1) is 11.9. The van der Waals surface area contributed by atoms with Crippen molar-refractivity contribution in [2.24, 2.45) is 11.7 Å². The number of carbonyl (C=O) groups is 2. The van der Waals surface area contributed by atoms with Crippen LogP contribution in [0.5, 0.6) is 0 Å². The highest BCUT2D eigenvalue weighted by Crippen LogP contribution is 1.91. The van der Waals surface area contributed by atoms with Gasteiger partial charge in [-0.3, -0.25) is 9.59 Å². The maximum atomic E-state index is 11.1. The van der Waals surface area contributed by atoms with Crippen LogP contribution in [0.1, 0.15) is 20.3 Å². The Kier molecular flexibility index (Phi) is 5.06. The second kappa shape index (κ2) is 5.53. The van der Waals surface area contributed by atoms with Crippen molar-refractivity contribution < 1.29 is 14.7 Å². The molecule has 0 saturated carbocycles. The van der Waals surface area contributed by atoms with Crippen molar-refractivity contribution in [1.29, 1.82) is 0 Å². The van der Waals surface area contributed by atoms with Gasteiger partial charge in [0.1, 0.15) is 0 Å². The maximum absolute atomic E-state index is 11.1. The summed E-state index contributed by atoms with van der Waals surface area (Å²) in [7, 11) is 0. The number of carboxylic acids is 1. The van der Waals surface area contributed by atoms with Gasteiger partial charge in [0.05, 0.1) is 12.5 Å². The predicted molar refractivity (Wildman–Crippen MR) is 48.1 cm³/mol. The summed E-state index contributed by atoms with van der Waals surface area (Å²) in [5.74, 6) is -1.13. The molecular formula is C8H16N2O3. The number of aliphatic carboxylic acids is 1. The smallest absolute Gasteiger partial charge is 0.305 e. The van der Waals surface area contributed by atoms with E-state index in [1.54, 1.807) is 0 Å². The van der Waals surface area contributed by atoms with Crippen molar-refractivity contribution in [3.8, 4) is 0 Å². The Labute approximate surface area is 77.3 Å². The lowest BCUT2D eigenvalue weighted by molar-refractivity contribution is -0.139. The summed E-state index contributed by atoms with van der Waals surface area (Å²) in [5, 5.41) is 10.9. The summed E-state index contributed by atoms with van der Waals surface area (Å²) in [4.78, 5) is 21.3. The third kappa shape index (κ3) is 6.10. The molecule has 5 nitrogen and oxygen atoms in total. The lowest BCUT2D eigenvalue weighted by atomic mass is 10.2. The molecule has 76 valence electrons. The molecule has 0 aromatic rings. The molecule has 0 aliphatic rings. The number of carboxylic acid groups (broad SMARTS) is 1. The van der Waals surface area contributed by atoms with Gasteiger partial charge in [-0.1, -0.05) is 13.8 Å². The highest BCUT2D eigenvalue weighted by Gasteiger charge is 2.16. The average molecular weight is 188 g/mol. The molecule has 0 aliphatic carbocycles. The average Bonchev–Trinajstić information content (AvgIpc) is 1.98. The lowest BCUT2D eigenvalue weighted by Gasteiger charge is -2.11. The molecule has 4 N–H and O–H groups in total. The van der Waals surface area contributed by atoms with E-state index >= 15 is 0 Å². The summed E-state index contributed by atoms with van der Waals surface area (Å²) in [6.07, 6.45) is -0.329. The van der Waals surface area contributed by atoms with E-state index in [0.29, 0.717) is 12.5 Å². The van der Waals surface area contributed by atoms with Crippen LogP contribution >= 0.6 is 0 Å². The van der Waals surface area contributed by atoms with Gasteiger partial charge in [0.15, 0.2) is 0 Å². The number of rotatable bonds is 5. The van der Waals surface area contributed by atoms with Crippen LogP contribution in [-0.2, 0) is 9.59 Å². The third-order valence-corrected chi connectivity index (χ3v) is 1.42. The summed E-state index contributed by atoms with van der Waals surface area (Å²) in [6.45, 7) is 4.41. The molecule has 0 radical (unpaired) electrons. The molecule has 1 atom stereocenters. The van der Waals surface area contributed by atoms with Gasteiger partial charge in [0.2, 0.25) is 5.91 Å². The first-order valence-corrected chi connectivity index (χ1v) is 4.18. The Bertz CT molecular complexity index is 192. The Morgan fingerprint density at radius 3 is 2.38 bits per heavy atom. The quantitative estimate of drug-likeness (QED) is 0.545. The minimum atomic E-state index is -1.06. The Hall–Kier alpha value is -1.10. The van der Waals surface area contributed by atoms with E-state index in [1.807, 2.05) is 13.8 Å². The van der Waals surface area contributed by atoms with E-state index in [1.165, 1.54) is 0 Å². The van der Waals surface area contributed by atoms with E-state index < -0.39 is 17.9 Å². The SMILES string of the molecule is CC(C)CNC(=O)[C@@H](N)CC(=O)O. The van der Waals surface area contributed by atoms with Crippen LogP contribution in [0.3, 0.4) is 0 Å². The number of hydrogen-bond donors (Lipinski definition) is 3. The zero-order valence-electron chi connectivity index (χ0n) is 7.91. The zero-order valence-corrected chi connectivity index (χ0v) is 7.91. The number of amides is 1. The van der Waals surface area contributed by atoms with Crippen LogP contribution in [-0.4, -0.2) is 29.6 Å². The van der Waals surface area contributed by atoms with Crippen molar-refractivity contribution in [3.63, 3.8) is 0 Å². The van der Waals surface area contributed by atoms with Crippen molar-refractivity contribution in [3.05, 3.63) is 0 Å². The molecule has 0 aliphatic heterocycles. The minimum absolute atomic E-state index is 0.329. The molecule has 0 unspecified atom stereocenters. The van der Waals surface area contributed by atoms with Crippen LogP contribution in [0.15, 0.2) is 0 Å². The summed E-state index contributed by atoms with van der Waals surface area (Å²) < 4.78 is 0. The second-order valence-corrected chi connectivity index (χ2v) is 3.34. The fraction of sp³-hybridized carbons (Fsp3) is 0.750. The molecule has 0 spiro atoms. The Morgan fingerprint density at radius 2 is 2.00 bits per heavy atom. The molecule has 5 heteroatoms. The van der Waals surface area contributed by atoms with Gasteiger partial charge in [-0.05, 0) is 5.92 Å². The summed E-state index contributed by atoms with van der Waals surface area (Å²) in [5.41, 5.74) is 5.31. The molecule has 0 aromatic carbocycles. The van der Waals surface area contributed by atoms with Crippen molar-refractivity contribution in [1.82, 2.24) is 5.32 Å². The zero-order chi connectivity index (χ0) is 10.4. The monoisotopic (exact) mass is 188 g/mol. The highest BCUT2D eigenvalue weighted by molar-refractivity contribution is 5.85. The van der Waals surface area contributed by atoms with Gasteiger partial charge >= 0.3 is 5.97 Å². The molecule has 0 aromatic heterocycles. The number of nitrogens with two attached hydrogens (primary N) is 1. The van der Waals surface area contributed by atoms with Gasteiger partial charge in [0, 0.05) is 6.54 Å². The standard InChI is InChI=1S/C8H16N2O3/c1-5(2)4-10-8(13)6(9)3-7(11)12/h5-6H,3-4,9H2,1-2H3,(H,10,13)(H,11,12)/t6-/m0/s1. The van der Waals surface area contributed by atoms with Crippen LogP contribution in [0.25, 0.3) is 0 Å². The van der Waals surface area contributed by atoms with Crippen molar-refractivity contribution in [2.75, 3.05) is 6.54 Å². The molecule has 13 heavy (non-hydrogen) atoms. The van der Waals surface area contributed by atoms with E-state index in [9.17, 15) is 9.59 Å². The normalized spacial score (nSPS) is 12.6. The van der Waals surface area contributed by atoms with Gasteiger partial charge in [-0.25, -0.2) is 0 Å². The first-order chi connectivity index (χ1) is 5.93. The molecule has 0 rings (SSSR count). The highest BCUT2D eigenvalue weighted by atomic mass is 16.4. The lowest BCUT2D eigenvalue weighted by Crippen LogP contribution is -2.43. The van der Waals surface area contributed by atoms with E-state index in [-0.39, 0.29) is 6.42 Å². The molecule has 0 fully saturated rings. The number of hydrogen-bond acceptors (Lipinski definition) is 3. The number of carbonyl (C=O) groups excluding carboxylic acids is 1. The number of nitrogens with one attached hydrogen (secondary N) is 1. The van der Waals surface area contributed by atoms with Gasteiger partial charge in [-0.2, -0.15) is 0 Å². The molecule has 0 saturated heterocycles. The van der Waals surface area contributed by atoms with Crippen molar-refractivity contribution >= 4 is 11.9 Å². The van der Waals surface area contributed by atoms with Gasteiger partial charge in [-0.15, -0.1) is 0 Å². The van der Waals surface area contributed by atoms with Gasteiger partial charge < -0.3 is 16.2 Å². The minimum Gasteiger partial charge on any atom is -0.481 e. The molecule has 1 amide bonds. The van der Waals surface area contributed by atoms with E-state index in [0.717, 1.165) is 0 Å². The van der Waals surface area contributed by atoms with Crippen LogP contribution in [0.4, 0.5) is 0 Å². The summed E-state index contributed by atoms with van der Waals surface area (Å²) >= 11 is 0. The maximum Gasteiger partial charge on any atom is 0.305 e. The largest absolute Gasteiger partial charge is 0.481 e. The fourth-order valence-corrected chi connectivity index (χ4v) is 0.717.